The number of halogens is 2. The van der Waals surface area contributed by atoms with E-state index in [0.717, 1.165) is 42.4 Å². The lowest BCUT2D eigenvalue weighted by molar-refractivity contribution is -0.123. The molecule has 0 aromatic rings. The highest BCUT2D eigenvalue weighted by atomic mass is 79.9. The van der Waals surface area contributed by atoms with Crippen LogP contribution in [0, 0.1) is 52.3 Å². The largest absolute Gasteiger partial charge is 0.299 e. The number of rotatable bonds is 5. The molecular formula is C27H44Br2O. The molecule has 0 aromatic carbocycles. The zero-order valence-corrected chi connectivity index (χ0v) is 23.2. The van der Waals surface area contributed by atoms with Gasteiger partial charge in [-0.05, 0) is 111 Å². The molecule has 4 saturated carbocycles. The summed E-state index contributed by atoms with van der Waals surface area (Å²) in [6.07, 6.45) is 14.5. The molecule has 0 heterocycles. The van der Waals surface area contributed by atoms with Crippen molar-refractivity contribution in [3.8, 4) is 0 Å². The first-order chi connectivity index (χ1) is 14.0. The second-order valence-electron chi connectivity index (χ2n) is 12.6. The standard InChI is InChI=1S/C27H44Br2O/c1-17(2)24(30)11-6-18(3)21-9-10-22-20-8-7-19-12-15-27(28,29)16-26(19,5)23(20)13-14-25(21,22)4/h17-23H,6-16H2,1-5H3/t18-,19?,20+,21-,22+,23+,25-,26+/m1/s1. The van der Waals surface area contributed by atoms with Gasteiger partial charge < -0.3 is 0 Å². The normalized spacial score (nSPS) is 46.1. The van der Waals surface area contributed by atoms with Crippen LogP contribution in [-0.2, 0) is 4.79 Å². The Balaban J connectivity index is 1.49. The van der Waals surface area contributed by atoms with Crippen LogP contribution in [0.3, 0.4) is 0 Å². The van der Waals surface area contributed by atoms with Crippen molar-refractivity contribution in [2.45, 2.75) is 108 Å². The van der Waals surface area contributed by atoms with E-state index in [0.29, 0.717) is 22.5 Å². The Kier molecular flexibility index (Phi) is 6.69. The SMILES string of the molecule is CC(C)C(=O)CC[C@@H](C)[C@H]1CC[C@H]2[C@@H]3CCC4CCC(Br)(Br)C[C@]4(C)[C@H]3CC[C@]12C. The summed E-state index contributed by atoms with van der Waals surface area (Å²) < 4.78 is 0.170. The molecule has 30 heavy (non-hydrogen) atoms. The van der Waals surface area contributed by atoms with Crippen LogP contribution in [-0.4, -0.2) is 9.02 Å². The van der Waals surface area contributed by atoms with Crippen LogP contribution in [0.5, 0.6) is 0 Å². The second kappa shape index (κ2) is 8.44. The van der Waals surface area contributed by atoms with Crippen LogP contribution in [0.1, 0.15) is 105 Å². The molecular weight excluding hydrogens is 500 g/mol. The molecule has 172 valence electrons. The van der Waals surface area contributed by atoms with Crippen molar-refractivity contribution < 1.29 is 4.79 Å². The van der Waals surface area contributed by atoms with E-state index in [-0.39, 0.29) is 9.15 Å². The van der Waals surface area contributed by atoms with Gasteiger partial charge in [0.2, 0.25) is 0 Å². The maximum Gasteiger partial charge on any atom is 0.135 e. The first kappa shape index (κ1) is 23.8. The molecule has 4 rings (SSSR count). The summed E-state index contributed by atoms with van der Waals surface area (Å²) in [4.78, 5) is 12.2. The maximum atomic E-state index is 12.2. The molecule has 0 amide bonds. The van der Waals surface area contributed by atoms with E-state index in [1.807, 2.05) is 0 Å². The van der Waals surface area contributed by atoms with Crippen LogP contribution in [0.25, 0.3) is 0 Å². The molecule has 8 atom stereocenters. The Morgan fingerprint density at radius 3 is 2.30 bits per heavy atom. The molecule has 0 aromatic heterocycles. The molecule has 0 radical (unpaired) electrons. The lowest BCUT2D eigenvalue weighted by Gasteiger charge is -2.62. The van der Waals surface area contributed by atoms with Gasteiger partial charge in [-0.3, -0.25) is 4.79 Å². The lowest BCUT2D eigenvalue weighted by Crippen LogP contribution is -2.55. The Labute approximate surface area is 202 Å². The molecule has 1 nitrogen and oxygen atoms in total. The summed E-state index contributed by atoms with van der Waals surface area (Å²) in [6.45, 7) is 11.9. The summed E-state index contributed by atoms with van der Waals surface area (Å²) in [5.41, 5.74) is 1.02. The maximum absolute atomic E-state index is 12.2. The van der Waals surface area contributed by atoms with Crippen molar-refractivity contribution in [2.24, 2.45) is 52.3 Å². The summed E-state index contributed by atoms with van der Waals surface area (Å²) in [7, 11) is 0. The number of Topliss-reactive ketones (excluding diaryl/α,β-unsaturated/α-hetero) is 1. The number of hydrogen-bond donors (Lipinski definition) is 0. The number of alkyl halides is 2. The van der Waals surface area contributed by atoms with Crippen LogP contribution >= 0.6 is 31.9 Å². The molecule has 3 heteroatoms. The van der Waals surface area contributed by atoms with Gasteiger partial charge >= 0.3 is 0 Å². The highest BCUT2D eigenvalue weighted by Crippen LogP contribution is 2.70. The summed E-state index contributed by atoms with van der Waals surface area (Å²) >= 11 is 8.06. The number of carbonyl (C=O) groups is 1. The molecule has 1 unspecified atom stereocenters. The number of hydrogen-bond acceptors (Lipinski definition) is 1. The minimum atomic E-state index is 0.170. The monoisotopic (exact) mass is 542 g/mol. The summed E-state index contributed by atoms with van der Waals surface area (Å²) in [6, 6.07) is 0. The molecule has 0 spiro atoms. The van der Waals surface area contributed by atoms with Gasteiger partial charge in [-0.15, -0.1) is 0 Å². The smallest absolute Gasteiger partial charge is 0.135 e. The summed E-state index contributed by atoms with van der Waals surface area (Å²) in [5, 5.41) is 0. The highest BCUT2D eigenvalue weighted by Gasteiger charge is 2.61. The van der Waals surface area contributed by atoms with Crippen LogP contribution in [0.4, 0.5) is 0 Å². The van der Waals surface area contributed by atoms with Gasteiger partial charge in [0.15, 0.2) is 0 Å². The van der Waals surface area contributed by atoms with Crippen molar-refractivity contribution in [1.82, 2.24) is 0 Å². The Bertz CT molecular complexity index is 657. The second-order valence-corrected chi connectivity index (χ2v) is 16.7. The summed E-state index contributed by atoms with van der Waals surface area (Å²) in [5.74, 6) is 5.89. The van der Waals surface area contributed by atoms with Crippen molar-refractivity contribution in [2.75, 3.05) is 0 Å². The van der Waals surface area contributed by atoms with Crippen molar-refractivity contribution in [3.05, 3.63) is 0 Å². The molecule has 4 aliphatic rings. The fourth-order valence-electron chi connectivity index (χ4n) is 9.15. The van der Waals surface area contributed by atoms with Crippen LogP contribution in [0.2, 0.25) is 0 Å². The van der Waals surface area contributed by atoms with Crippen LogP contribution in [0.15, 0.2) is 0 Å². The third-order valence-corrected chi connectivity index (χ3v) is 12.2. The average molecular weight is 544 g/mol. The van der Waals surface area contributed by atoms with Gasteiger partial charge in [0.05, 0.1) is 3.23 Å². The first-order valence-electron chi connectivity index (χ1n) is 12.9. The molecule has 0 bridgehead atoms. The van der Waals surface area contributed by atoms with Crippen molar-refractivity contribution in [1.29, 1.82) is 0 Å². The van der Waals surface area contributed by atoms with Gasteiger partial charge in [0.1, 0.15) is 5.78 Å². The Morgan fingerprint density at radius 1 is 0.900 bits per heavy atom. The van der Waals surface area contributed by atoms with Gasteiger partial charge in [0.25, 0.3) is 0 Å². The zero-order valence-electron chi connectivity index (χ0n) is 20.0. The van der Waals surface area contributed by atoms with Crippen molar-refractivity contribution in [3.63, 3.8) is 0 Å². The number of ketones is 1. The zero-order chi connectivity index (χ0) is 21.9. The first-order valence-corrected chi connectivity index (χ1v) is 14.5. The molecule has 0 N–H and O–H groups in total. The minimum Gasteiger partial charge on any atom is -0.299 e. The quantitative estimate of drug-likeness (QED) is 0.316. The highest BCUT2D eigenvalue weighted by molar-refractivity contribution is 9.25. The topological polar surface area (TPSA) is 17.1 Å². The van der Waals surface area contributed by atoms with E-state index in [1.165, 1.54) is 57.8 Å². The predicted octanol–water partition coefficient (Wildman–Crippen LogP) is 8.77. The van der Waals surface area contributed by atoms with E-state index in [2.05, 4.69) is 66.5 Å². The third kappa shape index (κ3) is 4.03. The fraction of sp³-hybridized carbons (Fsp3) is 0.963. The van der Waals surface area contributed by atoms with E-state index < -0.39 is 0 Å². The number of carbonyl (C=O) groups excluding carboxylic acids is 1. The van der Waals surface area contributed by atoms with E-state index in [9.17, 15) is 4.79 Å². The van der Waals surface area contributed by atoms with Gasteiger partial charge in [0, 0.05) is 12.3 Å². The number of fused-ring (bicyclic) bond motifs is 5. The molecule has 0 aliphatic heterocycles. The molecule has 0 saturated heterocycles. The fourth-order valence-corrected chi connectivity index (χ4v) is 10.8. The molecule has 4 fully saturated rings. The van der Waals surface area contributed by atoms with Gasteiger partial charge in [-0.25, -0.2) is 0 Å². The van der Waals surface area contributed by atoms with Gasteiger partial charge in [-0.1, -0.05) is 66.5 Å². The predicted molar refractivity (Wildman–Crippen MR) is 134 cm³/mol. The lowest BCUT2D eigenvalue weighted by atomic mass is 9.44. The Hall–Kier alpha value is 0.630. The molecule has 4 aliphatic carbocycles. The average Bonchev–Trinajstić information content (AvgIpc) is 3.01. The van der Waals surface area contributed by atoms with Gasteiger partial charge in [-0.2, -0.15) is 0 Å². The van der Waals surface area contributed by atoms with Crippen LogP contribution < -0.4 is 0 Å². The minimum absolute atomic E-state index is 0.170. The van der Waals surface area contributed by atoms with E-state index >= 15 is 0 Å². The Morgan fingerprint density at radius 2 is 1.60 bits per heavy atom. The van der Waals surface area contributed by atoms with E-state index in [1.54, 1.807) is 0 Å². The van der Waals surface area contributed by atoms with E-state index in [4.69, 9.17) is 0 Å². The van der Waals surface area contributed by atoms with Crippen molar-refractivity contribution >= 4 is 37.6 Å². The third-order valence-electron chi connectivity index (χ3n) is 10.8.